The van der Waals surface area contributed by atoms with Crippen molar-refractivity contribution in [1.29, 1.82) is 0 Å². The highest BCUT2D eigenvalue weighted by Crippen LogP contribution is 2.21. The Bertz CT molecular complexity index is 554. The van der Waals surface area contributed by atoms with E-state index in [1.807, 2.05) is 24.3 Å². The number of piperidine rings is 1. The summed E-state index contributed by atoms with van der Waals surface area (Å²) in [6, 6.07) is 7.69. The summed E-state index contributed by atoms with van der Waals surface area (Å²) < 4.78 is 29.1. The fourth-order valence-corrected chi connectivity index (χ4v) is 4.14. The molecular formula is C14H22BrN3O2S. The van der Waals surface area contributed by atoms with Crippen LogP contribution >= 0.6 is 15.9 Å². The molecule has 118 valence electrons. The monoisotopic (exact) mass is 375 g/mol. The molecule has 1 fully saturated rings. The fraction of sp³-hybridized carbons (Fsp3) is 0.571. The van der Waals surface area contributed by atoms with Crippen molar-refractivity contribution < 1.29 is 8.42 Å². The van der Waals surface area contributed by atoms with Gasteiger partial charge in [-0.1, -0.05) is 28.1 Å². The van der Waals surface area contributed by atoms with Crippen LogP contribution in [-0.4, -0.2) is 43.7 Å². The molecule has 1 heterocycles. The lowest BCUT2D eigenvalue weighted by molar-refractivity contribution is 0.262. The molecule has 0 aliphatic carbocycles. The lowest BCUT2D eigenvalue weighted by Crippen LogP contribution is -2.46. The van der Waals surface area contributed by atoms with E-state index < -0.39 is 10.2 Å². The SMILES string of the molecule is CN(Cc1ccc(Br)cc1)S(=O)(=O)N1CCC(CN)CC1. The van der Waals surface area contributed by atoms with Gasteiger partial charge in [-0.05, 0) is 43.0 Å². The molecule has 0 unspecified atom stereocenters. The second kappa shape index (κ2) is 7.19. The summed E-state index contributed by atoms with van der Waals surface area (Å²) in [6.07, 6.45) is 1.70. The van der Waals surface area contributed by atoms with E-state index >= 15 is 0 Å². The third kappa shape index (κ3) is 4.26. The summed E-state index contributed by atoms with van der Waals surface area (Å²) in [5, 5.41) is 0. The molecule has 0 aromatic heterocycles. The Morgan fingerprint density at radius 2 is 1.86 bits per heavy atom. The third-order valence-electron chi connectivity index (χ3n) is 3.95. The Morgan fingerprint density at radius 1 is 1.29 bits per heavy atom. The topological polar surface area (TPSA) is 66.6 Å². The quantitative estimate of drug-likeness (QED) is 0.852. The minimum absolute atomic E-state index is 0.381. The fourth-order valence-electron chi connectivity index (χ4n) is 2.50. The van der Waals surface area contributed by atoms with Gasteiger partial charge < -0.3 is 5.73 Å². The van der Waals surface area contributed by atoms with Gasteiger partial charge in [0.05, 0.1) is 0 Å². The molecule has 0 atom stereocenters. The largest absolute Gasteiger partial charge is 0.330 e. The van der Waals surface area contributed by atoms with Crippen molar-refractivity contribution in [3.05, 3.63) is 34.3 Å². The molecule has 1 aromatic carbocycles. The standard InChI is InChI=1S/C14H22BrN3O2S/c1-17(11-13-2-4-14(15)5-3-13)21(19,20)18-8-6-12(10-16)7-9-18/h2-5,12H,6-11,16H2,1H3. The van der Waals surface area contributed by atoms with Gasteiger partial charge in [-0.3, -0.25) is 0 Å². The summed E-state index contributed by atoms with van der Waals surface area (Å²) in [4.78, 5) is 0. The Balaban J connectivity index is 2.00. The van der Waals surface area contributed by atoms with Crippen LogP contribution in [0.3, 0.4) is 0 Å². The number of benzene rings is 1. The Labute approximate surface area is 135 Å². The van der Waals surface area contributed by atoms with Crippen LogP contribution in [0, 0.1) is 5.92 Å². The number of nitrogens with zero attached hydrogens (tertiary/aromatic N) is 2. The molecule has 1 saturated heterocycles. The van der Waals surface area contributed by atoms with Crippen molar-refractivity contribution in [2.75, 3.05) is 26.7 Å². The molecule has 0 bridgehead atoms. The summed E-state index contributed by atoms with van der Waals surface area (Å²) in [5.41, 5.74) is 6.62. The molecule has 0 spiro atoms. The molecule has 1 aliphatic heterocycles. The van der Waals surface area contributed by atoms with E-state index in [2.05, 4.69) is 15.9 Å². The summed E-state index contributed by atoms with van der Waals surface area (Å²) >= 11 is 3.38. The number of hydrogen-bond acceptors (Lipinski definition) is 3. The van der Waals surface area contributed by atoms with Gasteiger partial charge in [0.1, 0.15) is 0 Å². The molecule has 7 heteroatoms. The predicted molar refractivity (Wildman–Crippen MR) is 87.9 cm³/mol. The normalized spacial score (nSPS) is 18.3. The Kier molecular flexibility index (Phi) is 5.79. The van der Waals surface area contributed by atoms with Gasteiger partial charge in [0.25, 0.3) is 10.2 Å². The van der Waals surface area contributed by atoms with Crippen LogP contribution in [0.1, 0.15) is 18.4 Å². The average Bonchev–Trinajstić information content (AvgIpc) is 2.49. The molecule has 5 nitrogen and oxygen atoms in total. The van der Waals surface area contributed by atoms with E-state index in [0.29, 0.717) is 32.1 Å². The third-order valence-corrected chi connectivity index (χ3v) is 6.41. The van der Waals surface area contributed by atoms with E-state index in [-0.39, 0.29) is 0 Å². The second-order valence-corrected chi connectivity index (χ2v) is 8.42. The highest BCUT2D eigenvalue weighted by atomic mass is 79.9. The van der Waals surface area contributed by atoms with Gasteiger partial charge in [-0.15, -0.1) is 0 Å². The maximum absolute atomic E-state index is 12.6. The highest BCUT2D eigenvalue weighted by molar-refractivity contribution is 9.10. The predicted octanol–water partition coefficient (Wildman–Crippen LogP) is 1.80. The van der Waals surface area contributed by atoms with Crippen LogP contribution in [0.15, 0.2) is 28.7 Å². The molecular weight excluding hydrogens is 354 g/mol. The van der Waals surface area contributed by atoms with E-state index in [1.165, 1.54) is 4.31 Å². The van der Waals surface area contributed by atoms with Gasteiger partial charge in [0, 0.05) is 31.2 Å². The first-order valence-corrected chi connectivity index (χ1v) is 9.28. The van der Waals surface area contributed by atoms with Crippen molar-refractivity contribution in [2.45, 2.75) is 19.4 Å². The zero-order valence-electron chi connectivity index (χ0n) is 12.2. The number of halogens is 1. The van der Waals surface area contributed by atoms with Crippen molar-refractivity contribution >= 4 is 26.1 Å². The van der Waals surface area contributed by atoms with Gasteiger partial charge in [-0.2, -0.15) is 17.0 Å². The molecule has 0 radical (unpaired) electrons. The first-order valence-electron chi connectivity index (χ1n) is 7.09. The summed E-state index contributed by atoms with van der Waals surface area (Å²) in [5.74, 6) is 0.452. The molecule has 21 heavy (non-hydrogen) atoms. The Morgan fingerprint density at radius 3 is 2.38 bits per heavy atom. The van der Waals surface area contributed by atoms with Gasteiger partial charge >= 0.3 is 0 Å². The van der Waals surface area contributed by atoms with E-state index in [4.69, 9.17) is 5.73 Å². The first-order chi connectivity index (χ1) is 9.93. The number of rotatable bonds is 5. The zero-order chi connectivity index (χ0) is 15.5. The molecule has 0 amide bonds. The lowest BCUT2D eigenvalue weighted by Gasteiger charge is -2.33. The van der Waals surface area contributed by atoms with E-state index in [1.54, 1.807) is 11.4 Å². The van der Waals surface area contributed by atoms with Crippen LogP contribution in [0.25, 0.3) is 0 Å². The first kappa shape index (κ1) is 16.9. The molecule has 2 rings (SSSR count). The van der Waals surface area contributed by atoms with E-state index in [0.717, 1.165) is 22.9 Å². The smallest absolute Gasteiger partial charge is 0.282 e. The Hall–Kier alpha value is -0.470. The maximum Gasteiger partial charge on any atom is 0.282 e. The molecule has 1 aliphatic rings. The number of nitrogens with two attached hydrogens (primary N) is 1. The van der Waals surface area contributed by atoms with Crippen molar-refractivity contribution in [3.63, 3.8) is 0 Å². The van der Waals surface area contributed by atoms with Crippen LogP contribution in [0.5, 0.6) is 0 Å². The van der Waals surface area contributed by atoms with Crippen molar-refractivity contribution in [3.8, 4) is 0 Å². The molecule has 2 N–H and O–H groups in total. The second-order valence-electron chi connectivity index (χ2n) is 5.47. The van der Waals surface area contributed by atoms with Crippen molar-refractivity contribution in [2.24, 2.45) is 11.7 Å². The summed E-state index contributed by atoms with van der Waals surface area (Å²) in [7, 11) is -1.76. The van der Waals surface area contributed by atoms with Crippen molar-refractivity contribution in [1.82, 2.24) is 8.61 Å². The summed E-state index contributed by atoms with van der Waals surface area (Å²) in [6.45, 7) is 2.15. The average molecular weight is 376 g/mol. The highest BCUT2D eigenvalue weighted by Gasteiger charge is 2.30. The van der Waals surface area contributed by atoms with E-state index in [9.17, 15) is 8.42 Å². The van der Waals surface area contributed by atoms with Crippen LogP contribution in [0.4, 0.5) is 0 Å². The minimum Gasteiger partial charge on any atom is -0.330 e. The maximum atomic E-state index is 12.6. The molecule has 0 saturated carbocycles. The van der Waals surface area contributed by atoms with Crippen LogP contribution in [0.2, 0.25) is 0 Å². The zero-order valence-corrected chi connectivity index (χ0v) is 14.6. The molecule has 1 aromatic rings. The minimum atomic E-state index is -3.39. The van der Waals surface area contributed by atoms with Crippen LogP contribution in [-0.2, 0) is 16.8 Å². The number of hydrogen-bond donors (Lipinski definition) is 1. The van der Waals surface area contributed by atoms with Crippen LogP contribution < -0.4 is 5.73 Å². The van der Waals surface area contributed by atoms with Gasteiger partial charge in [-0.25, -0.2) is 0 Å². The lowest BCUT2D eigenvalue weighted by atomic mass is 9.99. The van der Waals surface area contributed by atoms with Gasteiger partial charge in [0.2, 0.25) is 0 Å². The van der Waals surface area contributed by atoms with Gasteiger partial charge in [0.15, 0.2) is 0 Å².